The van der Waals surface area contributed by atoms with Gasteiger partial charge in [-0.2, -0.15) is 0 Å². The van der Waals surface area contributed by atoms with Gasteiger partial charge in [-0.25, -0.2) is 4.79 Å². The smallest absolute Gasteiger partial charge is 0.329 e. The molecule has 0 aromatic carbocycles. The summed E-state index contributed by atoms with van der Waals surface area (Å²) in [7, 11) is 0. The van der Waals surface area contributed by atoms with E-state index in [1.165, 1.54) is 18.3 Å². The van der Waals surface area contributed by atoms with Gasteiger partial charge in [0, 0.05) is 12.7 Å². The minimum absolute atomic E-state index is 0.00764. The summed E-state index contributed by atoms with van der Waals surface area (Å²) in [5.41, 5.74) is 9.08. The number of ether oxygens (including phenoxy) is 1. The Balaban J connectivity index is 0.000000370. The van der Waals surface area contributed by atoms with E-state index in [-0.39, 0.29) is 24.2 Å². The first-order valence-corrected chi connectivity index (χ1v) is 13.3. The van der Waals surface area contributed by atoms with E-state index in [1.807, 2.05) is 0 Å². The number of nitrogens with one attached hydrogen (secondary N) is 2. The average Bonchev–Trinajstić information content (AvgIpc) is 3.33. The number of nitrogens with two attached hydrogens (primary N) is 2. The second-order valence-electron chi connectivity index (χ2n) is 11.1. The van der Waals surface area contributed by atoms with Crippen molar-refractivity contribution in [2.45, 2.75) is 89.8 Å². The number of carbonyl (C=O) groups is 4. The number of amides is 2. The predicted molar refractivity (Wildman–Crippen MR) is 145 cm³/mol. The first-order valence-electron chi connectivity index (χ1n) is 13.3. The number of amidine groups is 1. The Morgan fingerprint density at radius 2 is 1.82 bits per heavy atom. The number of rotatable bonds is 8. The van der Waals surface area contributed by atoms with E-state index >= 15 is 0 Å². The Morgan fingerprint density at radius 1 is 1.18 bits per heavy atom. The molecule has 2 fully saturated rings. The fourth-order valence-corrected chi connectivity index (χ4v) is 5.18. The van der Waals surface area contributed by atoms with Gasteiger partial charge in [0.15, 0.2) is 0 Å². The molecule has 0 radical (unpaired) electrons. The van der Waals surface area contributed by atoms with E-state index in [1.54, 1.807) is 32.6 Å². The molecular weight excluding hydrogens is 504 g/mol. The summed E-state index contributed by atoms with van der Waals surface area (Å²) in [5, 5.41) is 20.0. The van der Waals surface area contributed by atoms with Crippen LogP contribution in [0.3, 0.4) is 0 Å². The van der Waals surface area contributed by atoms with Crippen LogP contribution in [-0.2, 0) is 19.1 Å². The fourth-order valence-electron chi connectivity index (χ4n) is 5.18. The Hall–Kier alpha value is -3.54. The van der Waals surface area contributed by atoms with Crippen LogP contribution in [0.4, 0.5) is 0 Å². The van der Waals surface area contributed by atoms with Crippen LogP contribution in [0.1, 0.15) is 88.7 Å². The van der Waals surface area contributed by atoms with Crippen LogP contribution in [0, 0.1) is 11.3 Å². The molecule has 2 amide bonds. The van der Waals surface area contributed by atoms with Gasteiger partial charge < -0.3 is 26.2 Å². The summed E-state index contributed by atoms with van der Waals surface area (Å²) in [6.45, 7) is 7.42. The lowest BCUT2D eigenvalue weighted by molar-refractivity contribution is -0.163. The number of carboxylic acids is 1. The lowest BCUT2D eigenvalue weighted by Gasteiger charge is -2.43. The van der Waals surface area contributed by atoms with Crippen molar-refractivity contribution in [2.24, 2.45) is 17.4 Å². The number of aliphatic carboxylic acids is 1. The van der Waals surface area contributed by atoms with Crippen molar-refractivity contribution in [1.82, 2.24) is 15.2 Å². The molecule has 0 spiro atoms. The van der Waals surface area contributed by atoms with Crippen molar-refractivity contribution < 1.29 is 29.0 Å². The van der Waals surface area contributed by atoms with Crippen LogP contribution in [-0.4, -0.2) is 74.9 Å². The molecule has 1 saturated carbocycles. The van der Waals surface area contributed by atoms with Crippen molar-refractivity contribution >= 4 is 29.6 Å². The first kappa shape index (κ1) is 31.7. The zero-order chi connectivity index (χ0) is 29.4. The molecule has 1 aromatic rings. The van der Waals surface area contributed by atoms with Gasteiger partial charge in [0.1, 0.15) is 22.7 Å². The van der Waals surface area contributed by atoms with E-state index in [0.29, 0.717) is 30.6 Å². The number of hydrogen-bond acceptors (Lipinski definition) is 8. The van der Waals surface area contributed by atoms with Crippen LogP contribution in [0.25, 0.3) is 0 Å². The van der Waals surface area contributed by atoms with Gasteiger partial charge in [0.05, 0.1) is 18.2 Å². The highest BCUT2D eigenvalue weighted by Gasteiger charge is 2.55. The van der Waals surface area contributed by atoms with E-state index in [4.69, 9.17) is 21.6 Å². The Labute approximate surface area is 229 Å². The van der Waals surface area contributed by atoms with Crippen LogP contribution in [0.5, 0.6) is 0 Å². The molecule has 1 saturated heterocycles. The summed E-state index contributed by atoms with van der Waals surface area (Å²) in [5.74, 6) is -2.24. The van der Waals surface area contributed by atoms with Gasteiger partial charge in [-0.3, -0.25) is 30.1 Å². The van der Waals surface area contributed by atoms with Crippen LogP contribution >= 0.6 is 0 Å². The number of likely N-dealkylation sites (tertiary alicyclic amines) is 1. The number of primary amides is 1. The SMILES string of the molecule is C[C@H](NCC(=O)OC(C)(C)C)C(=O)N1CCC[C@]1(C(=O)O)C1CCCCC1.N=C(N)c1ccc(C(N)=O)cn1. The third kappa shape index (κ3) is 8.47. The highest BCUT2D eigenvalue weighted by Crippen LogP contribution is 2.43. The van der Waals surface area contributed by atoms with Gasteiger partial charge in [-0.1, -0.05) is 19.3 Å². The molecule has 1 aromatic heterocycles. The second kappa shape index (κ2) is 13.5. The lowest BCUT2D eigenvalue weighted by Crippen LogP contribution is -2.61. The number of carbonyl (C=O) groups excluding carboxylic acids is 3. The number of hydrogen-bond donors (Lipinski definition) is 5. The zero-order valence-electron chi connectivity index (χ0n) is 23.3. The molecule has 1 aliphatic carbocycles. The topological polar surface area (TPSA) is 202 Å². The van der Waals surface area contributed by atoms with Crippen molar-refractivity contribution in [3.63, 3.8) is 0 Å². The van der Waals surface area contributed by atoms with Gasteiger partial charge in [0.2, 0.25) is 11.8 Å². The van der Waals surface area contributed by atoms with E-state index in [0.717, 1.165) is 32.1 Å². The standard InChI is InChI=1S/C20H34N2O5.C7H8N4O/c1-14(21-13-16(23)27-19(2,3)4)17(24)22-12-8-11-20(22,18(25)26)15-9-6-5-7-10-15;8-6(9)5-2-1-4(3-11-5)7(10)12/h14-15,21H,5-13H2,1-4H3,(H,25,26);1-3H,(H3,8,9)(H2,10,12)/t14-,20+;/m0./s1. The summed E-state index contributed by atoms with van der Waals surface area (Å²) >= 11 is 0. The maximum Gasteiger partial charge on any atom is 0.329 e. The number of nitrogens with zero attached hydrogens (tertiary/aromatic N) is 2. The minimum atomic E-state index is -1.10. The van der Waals surface area contributed by atoms with E-state index < -0.39 is 35.0 Å². The summed E-state index contributed by atoms with van der Waals surface area (Å²) < 4.78 is 5.25. The van der Waals surface area contributed by atoms with Crippen LogP contribution < -0.4 is 16.8 Å². The Morgan fingerprint density at radius 3 is 2.31 bits per heavy atom. The number of nitrogen functional groups attached to an aromatic ring is 1. The molecule has 39 heavy (non-hydrogen) atoms. The second-order valence-corrected chi connectivity index (χ2v) is 11.1. The average molecular weight is 547 g/mol. The molecule has 216 valence electrons. The van der Waals surface area contributed by atoms with E-state index in [9.17, 15) is 24.3 Å². The Bertz CT molecular complexity index is 1010. The summed E-state index contributed by atoms with van der Waals surface area (Å²) in [6, 6.07) is 2.31. The molecule has 1 aliphatic heterocycles. The van der Waals surface area contributed by atoms with Crippen LogP contribution in [0.15, 0.2) is 18.3 Å². The molecule has 0 bridgehead atoms. The molecule has 12 heteroatoms. The summed E-state index contributed by atoms with van der Waals surface area (Å²) in [4.78, 5) is 53.1. The number of esters is 1. The predicted octanol–water partition coefficient (Wildman–Crippen LogP) is 1.80. The minimum Gasteiger partial charge on any atom is -0.479 e. The third-order valence-electron chi connectivity index (χ3n) is 7.01. The largest absolute Gasteiger partial charge is 0.479 e. The molecular formula is C27H42N6O6. The lowest BCUT2D eigenvalue weighted by atomic mass is 9.73. The monoisotopic (exact) mass is 546 g/mol. The Kier molecular flexibility index (Phi) is 11.0. The number of aromatic nitrogens is 1. The van der Waals surface area contributed by atoms with Gasteiger partial charge >= 0.3 is 11.9 Å². The van der Waals surface area contributed by atoms with Crippen molar-refractivity contribution in [1.29, 1.82) is 5.41 Å². The van der Waals surface area contributed by atoms with Gasteiger partial charge in [-0.15, -0.1) is 0 Å². The highest BCUT2D eigenvalue weighted by atomic mass is 16.6. The fraction of sp³-hybridized carbons (Fsp3) is 0.630. The molecule has 2 heterocycles. The van der Waals surface area contributed by atoms with Crippen molar-refractivity contribution in [3.8, 4) is 0 Å². The highest BCUT2D eigenvalue weighted by molar-refractivity contribution is 5.95. The molecule has 12 nitrogen and oxygen atoms in total. The maximum atomic E-state index is 13.1. The van der Waals surface area contributed by atoms with Gasteiger partial charge in [0.25, 0.3) is 0 Å². The van der Waals surface area contributed by atoms with Crippen LogP contribution in [0.2, 0.25) is 0 Å². The quantitative estimate of drug-likeness (QED) is 0.183. The normalized spacial score (nSPS) is 20.4. The van der Waals surface area contributed by atoms with Gasteiger partial charge in [-0.05, 0) is 71.4 Å². The van der Waals surface area contributed by atoms with E-state index in [2.05, 4.69) is 10.3 Å². The zero-order valence-corrected chi connectivity index (χ0v) is 23.3. The maximum absolute atomic E-state index is 13.1. The number of carboxylic acid groups (broad SMARTS) is 1. The molecule has 2 atom stereocenters. The first-order chi connectivity index (χ1) is 18.2. The third-order valence-corrected chi connectivity index (χ3v) is 7.01. The molecule has 2 aliphatic rings. The van der Waals surface area contributed by atoms with Crippen molar-refractivity contribution in [3.05, 3.63) is 29.6 Å². The van der Waals surface area contributed by atoms with Crippen molar-refractivity contribution in [2.75, 3.05) is 13.1 Å². The molecule has 7 N–H and O–H groups in total. The molecule has 3 rings (SSSR count). The summed E-state index contributed by atoms with van der Waals surface area (Å²) in [6.07, 6.45) is 7.39. The molecule has 0 unspecified atom stereocenters. The number of pyridine rings is 1.